The first-order valence-electron chi connectivity index (χ1n) is 5.63. The average Bonchev–Trinajstić information content (AvgIpc) is 2.34. The molecule has 0 bridgehead atoms. The molecule has 0 aromatic heterocycles. The summed E-state index contributed by atoms with van der Waals surface area (Å²) in [6.45, 7) is 1.75. The van der Waals surface area contributed by atoms with Gasteiger partial charge >= 0.3 is 0 Å². The second-order valence-corrected chi connectivity index (χ2v) is 4.55. The number of hydrogen-bond acceptors (Lipinski definition) is 2. The van der Waals surface area contributed by atoms with Crippen molar-refractivity contribution in [3.63, 3.8) is 0 Å². The number of hydrogen-bond donors (Lipinski definition) is 2. The van der Waals surface area contributed by atoms with E-state index in [1.165, 1.54) is 12.1 Å². The van der Waals surface area contributed by atoms with Crippen molar-refractivity contribution in [2.24, 2.45) is 0 Å². The van der Waals surface area contributed by atoms with Crippen LogP contribution in [-0.2, 0) is 0 Å². The summed E-state index contributed by atoms with van der Waals surface area (Å²) in [5.41, 5.74) is 0.303. The standard InChI is InChI=1S/C12H14ClFN2O/c13-10-4-3-8(6-11(10)14)12(17)16-9-2-1-5-15-7-9/h3-4,6,9,15H,1-2,5,7H2,(H,16,17)/t9-/m1/s1. The number of nitrogens with one attached hydrogen (secondary N) is 2. The summed E-state index contributed by atoms with van der Waals surface area (Å²) in [6, 6.07) is 4.20. The van der Waals surface area contributed by atoms with Crippen LogP contribution in [-0.4, -0.2) is 25.0 Å². The van der Waals surface area contributed by atoms with Crippen LogP contribution in [0.15, 0.2) is 18.2 Å². The SMILES string of the molecule is O=C(N[C@@H]1CCCNC1)c1ccc(Cl)c(F)c1. The Labute approximate surface area is 104 Å². The van der Waals surface area contributed by atoms with Gasteiger partial charge in [-0.25, -0.2) is 4.39 Å². The summed E-state index contributed by atoms with van der Waals surface area (Å²) in [4.78, 5) is 11.8. The van der Waals surface area contributed by atoms with E-state index in [1.54, 1.807) is 0 Å². The molecule has 0 saturated carbocycles. The first-order chi connectivity index (χ1) is 8.16. The fourth-order valence-electron chi connectivity index (χ4n) is 1.88. The van der Waals surface area contributed by atoms with Gasteiger partial charge in [-0.05, 0) is 37.6 Å². The van der Waals surface area contributed by atoms with Crippen molar-refractivity contribution in [1.29, 1.82) is 0 Å². The summed E-state index contributed by atoms with van der Waals surface area (Å²) >= 11 is 5.56. The van der Waals surface area contributed by atoms with E-state index in [9.17, 15) is 9.18 Å². The highest BCUT2D eigenvalue weighted by molar-refractivity contribution is 6.30. The molecule has 2 rings (SSSR count). The molecule has 1 aromatic rings. The number of halogens is 2. The normalized spacial score (nSPS) is 20.0. The molecule has 0 spiro atoms. The molecule has 1 atom stereocenters. The topological polar surface area (TPSA) is 41.1 Å². The molecular formula is C12H14ClFN2O. The Morgan fingerprint density at radius 3 is 3.00 bits per heavy atom. The third kappa shape index (κ3) is 3.17. The zero-order valence-electron chi connectivity index (χ0n) is 9.30. The third-order valence-corrected chi connectivity index (χ3v) is 3.12. The molecule has 17 heavy (non-hydrogen) atoms. The van der Waals surface area contributed by atoms with E-state index in [-0.39, 0.29) is 17.0 Å². The Bertz CT molecular complexity index is 419. The molecule has 92 valence electrons. The summed E-state index contributed by atoms with van der Waals surface area (Å²) in [7, 11) is 0. The lowest BCUT2D eigenvalue weighted by Crippen LogP contribution is -2.45. The van der Waals surface area contributed by atoms with Crippen molar-refractivity contribution in [3.8, 4) is 0 Å². The molecule has 1 aliphatic rings. The van der Waals surface area contributed by atoms with Gasteiger partial charge in [-0.15, -0.1) is 0 Å². The van der Waals surface area contributed by atoms with Crippen LogP contribution >= 0.6 is 11.6 Å². The molecule has 0 aliphatic carbocycles. The summed E-state index contributed by atoms with van der Waals surface area (Å²) in [5.74, 6) is -0.824. The Hall–Kier alpha value is -1.13. The maximum absolute atomic E-state index is 13.2. The number of carbonyl (C=O) groups is 1. The molecule has 2 N–H and O–H groups in total. The maximum atomic E-state index is 13.2. The molecule has 1 aromatic carbocycles. The molecule has 1 heterocycles. The summed E-state index contributed by atoms with van der Waals surface area (Å²) < 4.78 is 13.2. The second kappa shape index (κ2) is 5.47. The lowest BCUT2D eigenvalue weighted by atomic mass is 10.1. The lowest BCUT2D eigenvalue weighted by Gasteiger charge is -2.23. The molecule has 3 nitrogen and oxygen atoms in total. The minimum atomic E-state index is -0.568. The van der Waals surface area contributed by atoms with Crippen molar-refractivity contribution < 1.29 is 9.18 Å². The number of carbonyl (C=O) groups excluding carboxylic acids is 1. The minimum Gasteiger partial charge on any atom is -0.348 e. The van der Waals surface area contributed by atoms with E-state index < -0.39 is 5.82 Å². The Balaban J connectivity index is 2.01. The first-order valence-corrected chi connectivity index (χ1v) is 6.01. The van der Waals surface area contributed by atoms with Crippen molar-refractivity contribution in [2.45, 2.75) is 18.9 Å². The van der Waals surface area contributed by atoms with Gasteiger partial charge in [0.2, 0.25) is 0 Å². The van der Waals surface area contributed by atoms with Crippen molar-refractivity contribution in [2.75, 3.05) is 13.1 Å². The van der Waals surface area contributed by atoms with Gasteiger partial charge in [0.05, 0.1) is 5.02 Å². The monoisotopic (exact) mass is 256 g/mol. The van der Waals surface area contributed by atoms with Crippen LogP contribution < -0.4 is 10.6 Å². The molecule has 0 radical (unpaired) electrons. The average molecular weight is 257 g/mol. The smallest absolute Gasteiger partial charge is 0.251 e. The Morgan fingerprint density at radius 2 is 2.35 bits per heavy atom. The van der Waals surface area contributed by atoms with E-state index in [0.29, 0.717) is 5.56 Å². The maximum Gasteiger partial charge on any atom is 0.251 e. The third-order valence-electron chi connectivity index (χ3n) is 2.81. The van der Waals surface area contributed by atoms with Crippen molar-refractivity contribution >= 4 is 17.5 Å². The first kappa shape index (κ1) is 12.3. The van der Waals surface area contributed by atoms with Crippen molar-refractivity contribution in [1.82, 2.24) is 10.6 Å². The van der Waals surface area contributed by atoms with Gasteiger partial charge in [0, 0.05) is 18.2 Å². The fraction of sp³-hybridized carbons (Fsp3) is 0.417. The van der Waals surface area contributed by atoms with Crippen LogP contribution in [0.3, 0.4) is 0 Å². The molecule has 1 fully saturated rings. The summed E-state index contributed by atoms with van der Waals surface area (Å²) in [6.07, 6.45) is 1.99. The second-order valence-electron chi connectivity index (χ2n) is 4.15. The molecular weight excluding hydrogens is 243 g/mol. The number of amides is 1. The van der Waals surface area contributed by atoms with Gasteiger partial charge in [-0.2, -0.15) is 0 Å². The Kier molecular flexibility index (Phi) is 3.97. The molecule has 0 unspecified atom stereocenters. The quantitative estimate of drug-likeness (QED) is 0.849. The highest BCUT2D eigenvalue weighted by Crippen LogP contribution is 2.15. The molecule has 5 heteroatoms. The van der Waals surface area contributed by atoms with Gasteiger partial charge in [0.15, 0.2) is 0 Å². The van der Waals surface area contributed by atoms with Crippen LogP contribution in [0.25, 0.3) is 0 Å². The highest BCUT2D eigenvalue weighted by Gasteiger charge is 2.16. The number of piperidine rings is 1. The summed E-state index contributed by atoms with van der Waals surface area (Å²) in [5, 5.41) is 6.10. The minimum absolute atomic E-state index is 0.0286. The lowest BCUT2D eigenvalue weighted by molar-refractivity contribution is 0.0930. The number of benzene rings is 1. The van der Waals surface area contributed by atoms with Gasteiger partial charge < -0.3 is 10.6 Å². The van der Waals surface area contributed by atoms with Crippen LogP contribution in [0.4, 0.5) is 4.39 Å². The van der Waals surface area contributed by atoms with E-state index in [1.807, 2.05) is 0 Å². The molecule has 1 saturated heterocycles. The van der Waals surface area contributed by atoms with Gasteiger partial charge in [-0.3, -0.25) is 4.79 Å². The highest BCUT2D eigenvalue weighted by atomic mass is 35.5. The van der Waals surface area contributed by atoms with Crippen LogP contribution in [0.5, 0.6) is 0 Å². The largest absolute Gasteiger partial charge is 0.348 e. The zero-order valence-corrected chi connectivity index (χ0v) is 10.1. The van der Waals surface area contributed by atoms with E-state index in [4.69, 9.17) is 11.6 Å². The van der Waals surface area contributed by atoms with Gasteiger partial charge in [0.1, 0.15) is 5.82 Å². The van der Waals surface area contributed by atoms with Crippen molar-refractivity contribution in [3.05, 3.63) is 34.6 Å². The van der Waals surface area contributed by atoms with Gasteiger partial charge in [0.25, 0.3) is 5.91 Å². The van der Waals surface area contributed by atoms with Crippen LogP contribution in [0.2, 0.25) is 5.02 Å². The van der Waals surface area contributed by atoms with E-state index >= 15 is 0 Å². The Morgan fingerprint density at radius 1 is 1.53 bits per heavy atom. The predicted molar refractivity (Wildman–Crippen MR) is 64.8 cm³/mol. The molecule has 1 amide bonds. The zero-order chi connectivity index (χ0) is 12.3. The van der Waals surface area contributed by atoms with Gasteiger partial charge in [-0.1, -0.05) is 11.6 Å². The predicted octanol–water partition coefficient (Wildman–Crippen LogP) is 1.96. The van der Waals surface area contributed by atoms with Crippen LogP contribution in [0.1, 0.15) is 23.2 Å². The van der Waals surface area contributed by atoms with E-state index in [2.05, 4.69) is 10.6 Å². The number of rotatable bonds is 2. The van der Waals surface area contributed by atoms with E-state index in [0.717, 1.165) is 32.0 Å². The fourth-order valence-corrected chi connectivity index (χ4v) is 2.00. The van der Waals surface area contributed by atoms with Crippen LogP contribution in [0, 0.1) is 5.82 Å². The molecule has 1 aliphatic heterocycles.